The SMILES string of the molecule is O=C(Nc1ccccc1)Nc1nc(C(=O)NCc2ccc3c(c2)OCO3)cs1. The molecule has 9 heteroatoms. The first-order chi connectivity index (χ1) is 13.7. The summed E-state index contributed by atoms with van der Waals surface area (Å²) in [6, 6.07) is 14.1. The second kappa shape index (κ2) is 7.97. The Bertz CT molecular complexity index is 1010. The number of para-hydroxylation sites is 1. The Kier molecular flexibility index (Phi) is 5.07. The quantitative estimate of drug-likeness (QED) is 0.613. The van der Waals surface area contributed by atoms with Crippen LogP contribution >= 0.6 is 11.3 Å². The number of amides is 3. The van der Waals surface area contributed by atoms with Gasteiger partial charge in [-0.2, -0.15) is 0 Å². The summed E-state index contributed by atoms with van der Waals surface area (Å²) in [5.41, 5.74) is 1.78. The van der Waals surface area contributed by atoms with Crippen molar-refractivity contribution in [2.24, 2.45) is 0 Å². The first-order valence-electron chi connectivity index (χ1n) is 8.43. The van der Waals surface area contributed by atoms with Crippen molar-refractivity contribution in [2.75, 3.05) is 17.4 Å². The molecule has 1 aliphatic heterocycles. The van der Waals surface area contributed by atoms with Gasteiger partial charge in [-0.25, -0.2) is 9.78 Å². The molecule has 3 N–H and O–H groups in total. The minimum atomic E-state index is -0.423. The van der Waals surface area contributed by atoms with Gasteiger partial charge in [0.05, 0.1) is 0 Å². The molecule has 0 radical (unpaired) electrons. The second-order valence-electron chi connectivity index (χ2n) is 5.85. The van der Waals surface area contributed by atoms with Crippen molar-refractivity contribution >= 4 is 34.1 Å². The number of carbonyl (C=O) groups excluding carboxylic acids is 2. The molecule has 0 aliphatic carbocycles. The Morgan fingerprint density at radius 2 is 1.86 bits per heavy atom. The van der Waals surface area contributed by atoms with Crippen LogP contribution in [0.3, 0.4) is 0 Å². The molecule has 0 saturated carbocycles. The molecule has 0 bridgehead atoms. The summed E-state index contributed by atoms with van der Waals surface area (Å²) in [6.45, 7) is 0.530. The van der Waals surface area contributed by atoms with E-state index in [1.165, 1.54) is 11.3 Å². The summed E-state index contributed by atoms with van der Waals surface area (Å²) in [6.07, 6.45) is 0. The number of rotatable bonds is 5. The van der Waals surface area contributed by atoms with Gasteiger partial charge < -0.3 is 20.1 Å². The maximum atomic E-state index is 12.3. The number of hydrogen-bond donors (Lipinski definition) is 3. The van der Waals surface area contributed by atoms with Gasteiger partial charge in [-0.15, -0.1) is 11.3 Å². The van der Waals surface area contributed by atoms with Gasteiger partial charge in [0.1, 0.15) is 5.69 Å². The number of urea groups is 1. The number of carbonyl (C=O) groups is 2. The average molecular weight is 396 g/mol. The molecule has 0 unspecified atom stereocenters. The number of thiazole rings is 1. The minimum Gasteiger partial charge on any atom is -0.454 e. The van der Waals surface area contributed by atoms with E-state index >= 15 is 0 Å². The van der Waals surface area contributed by atoms with E-state index in [-0.39, 0.29) is 18.4 Å². The molecule has 0 fully saturated rings. The number of fused-ring (bicyclic) bond motifs is 1. The lowest BCUT2D eigenvalue weighted by atomic mass is 10.2. The molecule has 0 saturated heterocycles. The molecular weight excluding hydrogens is 380 g/mol. The lowest BCUT2D eigenvalue weighted by molar-refractivity contribution is 0.0946. The molecule has 1 aliphatic rings. The van der Waals surface area contributed by atoms with Crippen LogP contribution in [0.2, 0.25) is 0 Å². The molecule has 142 valence electrons. The summed E-state index contributed by atoms with van der Waals surface area (Å²) < 4.78 is 10.6. The number of nitrogens with one attached hydrogen (secondary N) is 3. The molecule has 2 heterocycles. The molecule has 0 spiro atoms. The number of aromatic nitrogens is 1. The van der Waals surface area contributed by atoms with Crippen LogP contribution in [0.5, 0.6) is 11.5 Å². The zero-order valence-electron chi connectivity index (χ0n) is 14.6. The zero-order chi connectivity index (χ0) is 19.3. The van der Waals surface area contributed by atoms with Crippen LogP contribution < -0.4 is 25.4 Å². The molecule has 4 rings (SSSR count). The third kappa shape index (κ3) is 4.21. The first-order valence-corrected chi connectivity index (χ1v) is 9.31. The fourth-order valence-corrected chi connectivity index (χ4v) is 3.23. The van der Waals surface area contributed by atoms with Gasteiger partial charge in [0.2, 0.25) is 6.79 Å². The monoisotopic (exact) mass is 396 g/mol. The molecule has 0 atom stereocenters. The highest BCUT2D eigenvalue weighted by Crippen LogP contribution is 2.32. The number of anilines is 2. The van der Waals surface area contributed by atoms with Gasteiger partial charge in [-0.05, 0) is 29.8 Å². The topological polar surface area (TPSA) is 102 Å². The Morgan fingerprint density at radius 1 is 1.04 bits per heavy atom. The molecule has 3 aromatic rings. The van der Waals surface area contributed by atoms with Gasteiger partial charge in [0.15, 0.2) is 16.6 Å². The highest BCUT2D eigenvalue weighted by molar-refractivity contribution is 7.14. The number of hydrogen-bond acceptors (Lipinski definition) is 6. The van der Waals surface area contributed by atoms with Crippen LogP contribution in [-0.2, 0) is 6.54 Å². The first kappa shape index (κ1) is 17.8. The molecule has 2 aromatic carbocycles. The normalized spacial score (nSPS) is 11.7. The standard InChI is InChI=1S/C19H16N4O4S/c24-17(20-9-12-6-7-15-16(8-12)27-11-26-15)14-10-28-19(22-14)23-18(25)21-13-4-2-1-3-5-13/h1-8,10H,9,11H2,(H,20,24)(H2,21,22,23,25). The van der Waals surface area contributed by atoms with Crippen LogP contribution in [0.4, 0.5) is 15.6 Å². The fraction of sp³-hybridized carbons (Fsp3) is 0.105. The Labute approximate surface area is 164 Å². The predicted molar refractivity (Wildman–Crippen MR) is 105 cm³/mol. The van der Waals surface area contributed by atoms with Crippen molar-refractivity contribution < 1.29 is 19.1 Å². The van der Waals surface area contributed by atoms with E-state index in [1.807, 2.05) is 30.3 Å². The van der Waals surface area contributed by atoms with Crippen molar-refractivity contribution in [3.63, 3.8) is 0 Å². The molecule has 28 heavy (non-hydrogen) atoms. The molecular formula is C19H16N4O4S. The lowest BCUT2D eigenvalue weighted by Crippen LogP contribution is -2.23. The van der Waals surface area contributed by atoms with Crippen molar-refractivity contribution in [1.82, 2.24) is 10.3 Å². The van der Waals surface area contributed by atoms with Gasteiger partial charge in [0, 0.05) is 17.6 Å². The van der Waals surface area contributed by atoms with E-state index in [1.54, 1.807) is 23.6 Å². The largest absolute Gasteiger partial charge is 0.454 e. The summed E-state index contributed by atoms with van der Waals surface area (Å²) in [5, 5.41) is 10.0. The summed E-state index contributed by atoms with van der Waals surface area (Å²) in [4.78, 5) is 28.4. The van der Waals surface area contributed by atoms with Crippen LogP contribution in [0.15, 0.2) is 53.9 Å². The number of ether oxygens (including phenoxy) is 2. The van der Waals surface area contributed by atoms with E-state index in [2.05, 4.69) is 20.9 Å². The minimum absolute atomic E-state index is 0.206. The maximum Gasteiger partial charge on any atom is 0.325 e. The van der Waals surface area contributed by atoms with E-state index in [9.17, 15) is 9.59 Å². The van der Waals surface area contributed by atoms with Crippen molar-refractivity contribution in [2.45, 2.75) is 6.54 Å². The maximum absolute atomic E-state index is 12.3. The van der Waals surface area contributed by atoms with Crippen molar-refractivity contribution in [3.05, 3.63) is 65.2 Å². The van der Waals surface area contributed by atoms with E-state index in [0.29, 0.717) is 28.9 Å². The Morgan fingerprint density at radius 3 is 2.71 bits per heavy atom. The fourth-order valence-electron chi connectivity index (χ4n) is 2.54. The molecule has 8 nitrogen and oxygen atoms in total. The second-order valence-corrected chi connectivity index (χ2v) is 6.71. The Hall–Kier alpha value is -3.59. The van der Waals surface area contributed by atoms with Crippen LogP contribution in [0, 0.1) is 0 Å². The van der Waals surface area contributed by atoms with E-state index < -0.39 is 6.03 Å². The number of benzene rings is 2. The number of nitrogens with zero attached hydrogens (tertiary/aromatic N) is 1. The molecule has 1 aromatic heterocycles. The lowest BCUT2D eigenvalue weighted by Gasteiger charge is -2.05. The Balaban J connectivity index is 1.31. The van der Waals surface area contributed by atoms with Crippen molar-refractivity contribution in [3.8, 4) is 11.5 Å². The summed E-state index contributed by atoms with van der Waals surface area (Å²) in [5.74, 6) is 1.03. The van der Waals surface area contributed by atoms with Crippen LogP contribution in [-0.4, -0.2) is 23.7 Å². The van der Waals surface area contributed by atoms with E-state index in [4.69, 9.17) is 9.47 Å². The summed E-state index contributed by atoms with van der Waals surface area (Å²) >= 11 is 1.17. The highest BCUT2D eigenvalue weighted by atomic mass is 32.1. The van der Waals surface area contributed by atoms with Crippen LogP contribution in [0.1, 0.15) is 16.1 Å². The average Bonchev–Trinajstić information content (AvgIpc) is 3.35. The van der Waals surface area contributed by atoms with Crippen LogP contribution in [0.25, 0.3) is 0 Å². The molecule has 3 amide bonds. The third-order valence-corrected chi connectivity index (χ3v) is 4.64. The van der Waals surface area contributed by atoms with Gasteiger partial charge >= 0.3 is 6.03 Å². The predicted octanol–water partition coefficient (Wildman–Crippen LogP) is 3.45. The van der Waals surface area contributed by atoms with Gasteiger partial charge in [-0.3, -0.25) is 10.1 Å². The third-order valence-electron chi connectivity index (χ3n) is 3.88. The summed E-state index contributed by atoms with van der Waals surface area (Å²) in [7, 11) is 0. The highest BCUT2D eigenvalue weighted by Gasteiger charge is 2.15. The zero-order valence-corrected chi connectivity index (χ0v) is 15.4. The van der Waals surface area contributed by atoms with Gasteiger partial charge in [0.25, 0.3) is 5.91 Å². The van der Waals surface area contributed by atoms with Crippen molar-refractivity contribution in [1.29, 1.82) is 0 Å². The smallest absolute Gasteiger partial charge is 0.325 e. The van der Waals surface area contributed by atoms with Gasteiger partial charge in [-0.1, -0.05) is 24.3 Å². The van der Waals surface area contributed by atoms with E-state index in [0.717, 1.165) is 5.56 Å².